The quantitative estimate of drug-likeness (QED) is 0.903. The van der Waals surface area contributed by atoms with Gasteiger partial charge in [-0.05, 0) is 55.8 Å². The fourth-order valence-electron chi connectivity index (χ4n) is 2.97. The number of nitrogens with zero attached hydrogens (tertiary/aromatic N) is 2. The van der Waals surface area contributed by atoms with Crippen molar-refractivity contribution in [1.82, 2.24) is 10.3 Å². The maximum atomic E-state index is 4.56. The third-order valence-electron chi connectivity index (χ3n) is 4.23. The summed E-state index contributed by atoms with van der Waals surface area (Å²) in [5, 5.41) is 3.20. The van der Waals surface area contributed by atoms with Crippen molar-refractivity contribution in [3.8, 4) is 0 Å². The standard InChI is InChI=1S/C16H27N3/c1-13(2)15-5-4-9-19(10-7-15)16-11-14(12-17-3)6-8-18-16/h6,8,11,13,15,17H,4-5,7,9-10,12H2,1-3H3. The fraction of sp³-hybridized carbons (Fsp3) is 0.688. The molecular weight excluding hydrogens is 234 g/mol. The van der Waals surface area contributed by atoms with E-state index in [1.54, 1.807) is 0 Å². The predicted octanol–water partition coefficient (Wildman–Crippen LogP) is 3.06. The maximum Gasteiger partial charge on any atom is 0.128 e. The van der Waals surface area contributed by atoms with Crippen LogP contribution in [-0.4, -0.2) is 25.1 Å². The Labute approximate surface area is 117 Å². The van der Waals surface area contributed by atoms with Gasteiger partial charge in [0.15, 0.2) is 0 Å². The highest BCUT2D eigenvalue weighted by molar-refractivity contribution is 5.41. The van der Waals surface area contributed by atoms with Crippen LogP contribution < -0.4 is 10.2 Å². The van der Waals surface area contributed by atoms with E-state index in [9.17, 15) is 0 Å². The highest BCUT2D eigenvalue weighted by Gasteiger charge is 2.20. The predicted molar refractivity (Wildman–Crippen MR) is 81.4 cm³/mol. The second-order valence-electron chi connectivity index (χ2n) is 5.97. The summed E-state index contributed by atoms with van der Waals surface area (Å²) >= 11 is 0. The lowest BCUT2D eigenvalue weighted by Crippen LogP contribution is -2.25. The smallest absolute Gasteiger partial charge is 0.128 e. The Morgan fingerprint density at radius 1 is 1.37 bits per heavy atom. The van der Waals surface area contributed by atoms with Crippen LogP contribution in [-0.2, 0) is 6.54 Å². The van der Waals surface area contributed by atoms with Gasteiger partial charge < -0.3 is 10.2 Å². The zero-order chi connectivity index (χ0) is 13.7. The van der Waals surface area contributed by atoms with Crippen molar-refractivity contribution in [3.05, 3.63) is 23.9 Å². The first-order chi connectivity index (χ1) is 9.20. The minimum Gasteiger partial charge on any atom is -0.357 e. The molecule has 0 aliphatic carbocycles. The summed E-state index contributed by atoms with van der Waals surface area (Å²) in [6.07, 6.45) is 5.90. The van der Waals surface area contributed by atoms with Gasteiger partial charge in [0.2, 0.25) is 0 Å². The van der Waals surface area contributed by atoms with Gasteiger partial charge >= 0.3 is 0 Å². The molecule has 2 heterocycles. The van der Waals surface area contributed by atoms with Crippen LogP contribution in [0.2, 0.25) is 0 Å². The van der Waals surface area contributed by atoms with Crippen molar-refractivity contribution in [3.63, 3.8) is 0 Å². The van der Waals surface area contributed by atoms with Crippen molar-refractivity contribution in [2.75, 3.05) is 25.0 Å². The molecule has 0 bridgehead atoms. The van der Waals surface area contributed by atoms with Crippen LogP contribution in [0.15, 0.2) is 18.3 Å². The van der Waals surface area contributed by atoms with E-state index in [1.165, 1.54) is 24.8 Å². The number of rotatable bonds is 4. The first-order valence-electron chi connectivity index (χ1n) is 7.55. The summed E-state index contributed by atoms with van der Waals surface area (Å²) < 4.78 is 0. The summed E-state index contributed by atoms with van der Waals surface area (Å²) in [6.45, 7) is 7.92. The number of aromatic nitrogens is 1. The zero-order valence-electron chi connectivity index (χ0n) is 12.5. The van der Waals surface area contributed by atoms with Crippen LogP contribution in [0.3, 0.4) is 0 Å². The van der Waals surface area contributed by atoms with Gasteiger partial charge in [0, 0.05) is 25.8 Å². The molecular formula is C16H27N3. The first kappa shape index (κ1) is 14.3. The minimum absolute atomic E-state index is 0.809. The largest absolute Gasteiger partial charge is 0.357 e. The molecule has 3 nitrogen and oxygen atoms in total. The number of anilines is 1. The molecule has 1 aliphatic rings. The Kier molecular flexibility index (Phi) is 5.20. The summed E-state index contributed by atoms with van der Waals surface area (Å²) in [4.78, 5) is 7.01. The average Bonchev–Trinajstić information content (AvgIpc) is 2.65. The topological polar surface area (TPSA) is 28.2 Å². The molecule has 1 aliphatic heterocycles. The highest BCUT2D eigenvalue weighted by Crippen LogP contribution is 2.26. The summed E-state index contributed by atoms with van der Waals surface area (Å²) in [5.41, 5.74) is 1.32. The molecule has 1 N–H and O–H groups in total. The Hall–Kier alpha value is -1.09. The van der Waals surface area contributed by atoms with E-state index >= 15 is 0 Å². The summed E-state index contributed by atoms with van der Waals surface area (Å²) in [5.74, 6) is 2.84. The van der Waals surface area contributed by atoms with Crippen LogP contribution in [0.1, 0.15) is 38.7 Å². The van der Waals surface area contributed by atoms with Gasteiger partial charge in [-0.1, -0.05) is 13.8 Å². The second-order valence-corrected chi connectivity index (χ2v) is 5.97. The van der Waals surface area contributed by atoms with E-state index in [-0.39, 0.29) is 0 Å². The van der Waals surface area contributed by atoms with Crippen molar-refractivity contribution in [2.24, 2.45) is 11.8 Å². The fourth-order valence-corrected chi connectivity index (χ4v) is 2.97. The first-order valence-corrected chi connectivity index (χ1v) is 7.55. The van der Waals surface area contributed by atoms with Gasteiger partial charge in [0.1, 0.15) is 5.82 Å². The summed E-state index contributed by atoms with van der Waals surface area (Å²) in [6, 6.07) is 4.32. The van der Waals surface area contributed by atoms with Crippen LogP contribution >= 0.6 is 0 Å². The van der Waals surface area contributed by atoms with Crippen molar-refractivity contribution < 1.29 is 0 Å². The average molecular weight is 261 g/mol. The zero-order valence-corrected chi connectivity index (χ0v) is 12.5. The SMILES string of the molecule is CNCc1ccnc(N2CCCC(C(C)C)CC2)c1. The number of hydrogen-bond acceptors (Lipinski definition) is 3. The third kappa shape index (κ3) is 3.93. The Morgan fingerprint density at radius 3 is 2.95 bits per heavy atom. The Balaban J connectivity index is 2.03. The Bertz CT molecular complexity index is 389. The van der Waals surface area contributed by atoms with E-state index in [2.05, 4.69) is 41.2 Å². The van der Waals surface area contributed by atoms with Crippen molar-refractivity contribution in [1.29, 1.82) is 0 Å². The molecule has 2 rings (SSSR count). The lowest BCUT2D eigenvalue weighted by molar-refractivity contribution is 0.351. The molecule has 0 spiro atoms. The number of pyridine rings is 1. The highest BCUT2D eigenvalue weighted by atomic mass is 15.2. The van der Waals surface area contributed by atoms with E-state index < -0.39 is 0 Å². The molecule has 106 valence electrons. The van der Waals surface area contributed by atoms with Crippen LogP contribution in [0.4, 0.5) is 5.82 Å². The molecule has 0 amide bonds. The van der Waals surface area contributed by atoms with Crippen molar-refractivity contribution in [2.45, 2.75) is 39.7 Å². The van der Waals surface area contributed by atoms with Crippen LogP contribution in [0.5, 0.6) is 0 Å². The van der Waals surface area contributed by atoms with Gasteiger partial charge in [-0.3, -0.25) is 0 Å². The Morgan fingerprint density at radius 2 is 2.21 bits per heavy atom. The molecule has 1 aromatic heterocycles. The molecule has 1 fully saturated rings. The molecule has 1 aromatic rings. The lowest BCUT2D eigenvalue weighted by atomic mass is 9.89. The van der Waals surface area contributed by atoms with E-state index in [4.69, 9.17) is 0 Å². The van der Waals surface area contributed by atoms with Gasteiger partial charge in [-0.2, -0.15) is 0 Å². The molecule has 0 saturated carbocycles. The molecule has 3 heteroatoms. The van der Waals surface area contributed by atoms with E-state index in [0.717, 1.165) is 37.3 Å². The summed E-state index contributed by atoms with van der Waals surface area (Å²) in [7, 11) is 1.99. The molecule has 1 atom stereocenters. The van der Waals surface area contributed by atoms with Gasteiger partial charge in [-0.15, -0.1) is 0 Å². The molecule has 1 unspecified atom stereocenters. The van der Waals surface area contributed by atoms with Gasteiger partial charge in [0.05, 0.1) is 0 Å². The molecule has 0 radical (unpaired) electrons. The lowest BCUT2D eigenvalue weighted by Gasteiger charge is -2.23. The van der Waals surface area contributed by atoms with Crippen LogP contribution in [0, 0.1) is 11.8 Å². The monoisotopic (exact) mass is 261 g/mol. The third-order valence-corrected chi connectivity index (χ3v) is 4.23. The molecule has 19 heavy (non-hydrogen) atoms. The van der Waals surface area contributed by atoms with E-state index in [1.807, 2.05) is 13.2 Å². The number of nitrogens with one attached hydrogen (secondary N) is 1. The van der Waals surface area contributed by atoms with E-state index in [0.29, 0.717) is 0 Å². The molecule has 0 aromatic carbocycles. The van der Waals surface area contributed by atoms with Crippen LogP contribution in [0.25, 0.3) is 0 Å². The number of hydrogen-bond donors (Lipinski definition) is 1. The van der Waals surface area contributed by atoms with Crippen molar-refractivity contribution >= 4 is 5.82 Å². The second kappa shape index (κ2) is 6.90. The van der Waals surface area contributed by atoms with Gasteiger partial charge in [-0.25, -0.2) is 4.98 Å². The normalized spacial score (nSPS) is 20.6. The minimum atomic E-state index is 0.809. The molecule has 1 saturated heterocycles. The maximum absolute atomic E-state index is 4.56. The van der Waals surface area contributed by atoms with Gasteiger partial charge in [0.25, 0.3) is 0 Å².